The molecule has 0 aliphatic carbocycles. The van der Waals surface area contributed by atoms with Gasteiger partial charge in [-0.3, -0.25) is 14.8 Å². The lowest BCUT2D eigenvalue weighted by atomic mass is 10.0. The Kier molecular flexibility index (Phi) is 5.04. The monoisotopic (exact) mass is 493 g/mol. The van der Waals surface area contributed by atoms with Crippen LogP contribution in [0.4, 0.5) is 11.5 Å². The standard InChI is InChI=1S/C28H27N7O2/c1-16-12-25(32-31-16)29-15-22-21-14-19(7-10-23(21)30-26(22)36)13-18-5-8-20(9-6-18)34-27(37)24-11-17(2)33-35(24)28(34,3)4/h5-12,14-15,30,36H,13H2,1-4H3,(H,31,32). The van der Waals surface area contributed by atoms with Crippen molar-refractivity contribution in [2.75, 3.05) is 4.90 Å². The molecule has 0 saturated carbocycles. The van der Waals surface area contributed by atoms with Gasteiger partial charge >= 0.3 is 0 Å². The van der Waals surface area contributed by atoms with E-state index in [-0.39, 0.29) is 11.8 Å². The molecule has 0 radical (unpaired) electrons. The molecule has 37 heavy (non-hydrogen) atoms. The first kappa shape index (κ1) is 22.8. The number of aromatic hydroxyl groups is 1. The van der Waals surface area contributed by atoms with Gasteiger partial charge in [0.2, 0.25) is 0 Å². The van der Waals surface area contributed by atoms with Gasteiger partial charge in [0.05, 0.1) is 11.3 Å². The van der Waals surface area contributed by atoms with Gasteiger partial charge < -0.3 is 10.1 Å². The van der Waals surface area contributed by atoms with Gasteiger partial charge in [-0.1, -0.05) is 18.2 Å². The van der Waals surface area contributed by atoms with Crippen LogP contribution in [0.2, 0.25) is 0 Å². The third-order valence-corrected chi connectivity index (χ3v) is 6.82. The summed E-state index contributed by atoms with van der Waals surface area (Å²) in [4.78, 5) is 22.3. The van der Waals surface area contributed by atoms with Crippen molar-refractivity contribution in [3.63, 3.8) is 0 Å². The molecule has 0 saturated heterocycles. The fourth-order valence-corrected chi connectivity index (χ4v) is 5.05. The Hall–Kier alpha value is -4.66. The molecular weight excluding hydrogens is 466 g/mol. The topological polar surface area (TPSA) is 115 Å². The summed E-state index contributed by atoms with van der Waals surface area (Å²) in [5.41, 5.74) is 6.27. The number of rotatable bonds is 5. The van der Waals surface area contributed by atoms with Crippen molar-refractivity contribution in [2.24, 2.45) is 4.99 Å². The van der Waals surface area contributed by atoms with Crippen LogP contribution in [0, 0.1) is 13.8 Å². The Balaban J connectivity index is 1.25. The maximum absolute atomic E-state index is 13.1. The molecule has 9 nitrogen and oxygen atoms in total. The molecule has 0 atom stereocenters. The lowest BCUT2D eigenvalue weighted by molar-refractivity contribution is 0.0980. The zero-order valence-corrected chi connectivity index (χ0v) is 21.1. The minimum atomic E-state index is -0.587. The summed E-state index contributed by atoms with van der Waals surface area (Å²) in [7, 11) is 0. The van der Waals surface area contributed by atoms with E-state index in [0.29, 0.717) is 23.5 Å². The highest BCUT2D eigenvalue weighted by Gasteiger charge is 2.44. The van der Waals surface area contributed by atoms with Crippen LogP contribution in [0.1, 0.15) is 52.4 Å². The maximum Gasteiger partial charge on any atom is 0.278 e. The van der Waals surface area contributed by atoms with Crippen LogP contribution in [0.15, 0.2) is 59.6 Å². The van der Waals surface area contributed by atoms with Crippen LogP contribution in [-0.4, -0.2) is 42.2 Å². The van der Waals surface area contributed by atoms with Crippen LogP contribution in [0.5, 0.6) is 5.88 Å². The quantitative estimate of drug-likeness (QED) is 0.295. The number of hydrogen-bond donors (Lipinski definition) is 3. The molecule has 1 amide bonds. The molecule has 5 aromatic rings. The highest BCUT2D eigenvalue weighted by molar-refractivity contribution is 6.08. The van der Waals surface area contributed by atoms with Crippen molar-refractivity contribution >= 4 is 34.5 Å². The van der Waals surface area contributed by atoms with Gasteiger partial charge in [0.25, 0.3) is 5.91 Å². The number of hydrogen-bond acceptors (Lipinski definition) is 5. The van der Waals surface area contributed by atoms with E-state index in [0.717, 1.165) is 39.1 Å². The Bertz CT molecular complexity index is 1690. The fraction of sp³-hybridized carbons (Fsp3) is 0.214. The molecule has 9 heteroatoms. The number of aromatic nitrogens is 5. The summed E-state index contributed by atoms with van der Waals surface area (Å²) in [5, 5.41) is 22.8. The van der Waals surface area contributed by atoms with Crippen LogP contribution in [-0.2, 0) is 12.1 Å². The number of aliphatic imine (C=N–C) groups is 1. The van der Waals surface area contributed by atoms with E-state index < -0.39 is 5.66 Å². The summed E-state index contributed by atoms with van der Waals surface area (Å²) < 4.78 is 1.80. The van der Waals surface area contributed by atoms with Gasteiger partial charge in [-0.05, 0) is 75.6 Å². The van der Waals surface area contributed by atoms with E-state index in [9.17, 15) is 9.90 Å². The smallest absolute Gasteiger partial charge is 0.278 e. The van der Waals surface area contributed by atoms with E-state index in [1.165, 1.54) is 0 Å². The number of nitrogens with one attached hydrogen (secondary N) is 2. The van der Waals surface area contributed by atoms with Crippen LogP contribution in [0.3, 0.4) is 0 Å². The SMILES string of the molecule is Cc1cc2n(n1)C(C)(C)N(c1ccc(Cc3ccc4[nH]c(O)c(C=Nc5cc(C)[nH]n5)c4c3)cc1)C2=O. The third-order valence-electron chi connectivity index (χ3n) is 6.82. The summed E-state index contributed by atoms with van der Waals surface area (Å²) in [6.07, 6.45) is 2.33. The third kappa shape index (κ3) is 3.79. The molecule has 3 aromatic heterocycles. The lowest BCUT2D eigenvalue weighted by Crippen LogP contribution is -2.43. The second kappa shape index (κ2) is 8.19. The van der Waals surface area contributed by atoms with Crippen LogP contribution in [0.25, 0.3) is 10.9 Å². The van der Waals surface area contributed by atoms with Crippen molar-refractivity contribution < 1.29 is 9.90 Å². The van der Waals surface area contributed by atoms with Crippen LogP contribution < -0.4 is 4.90 Å². The number of aryl methyl sites for hydroxylation is 2. The van der Waals surface area contributed by atoms with Gasteiger partial charge in [0.1, 0.15) is 11.4 Å². The summed E-state index contributed by atoms with van der Waals surface area (Å²) in [6.45, 7) is 7.80. The Morgan fingerprint density at radius 3 is 2.51 bits per heavy atom. The molecule has 186 valence electrons. The number of nitrogens with zero attached hydrogens (tertiary/aromatic N) is 5. The van der Waals surface area contributed by atoms with Crippen molar-refractivity contribution in [3.05, 3.63) is 88.4 Å². The first-order chi connectivity index (χ1) is 17.7. The minimum absolute atomic E-state index is 0.0461. The highest BCUT2D eigenvalue weighted by atomic mass is 16.3. The number of aromatic amines is 2. The van der Waals surface area contributed by atoms with Gasteiger partial charge in [-0.15, -0.1) is 0 Å². The van der Waals surface area contributed by atoms with E-state index in [2.05, 4.69) is 31.3 Å². The predicted octanol–water partition coefficient (Wildman–Crippen LogP) is 5.10. The van der Waals surface area contributed by atoms with Crippen molar-refractivity contribution in [1.82, 2.24) is 25.0 Å². The molecule has 0 unspecified atom stereocenters. The minimum Gasteiger partial charge on any atom is -0.494 e. The van der Waals surface area contributed by atoms with Gasteiger partial charge in [-0.25, -0.2) is 9.67 Å². The van der Waals surface area contributed by atoms with E-state index in [4.69, 9.17) is 0 Å². The maximum atomic E-state index is 13.1. The highest BCUT2D eigenvalue weighted by Crippen LogP contribution is 2.36. The Morgan fingerprint density at radius 1 is 1.05 bits per heavy atom. The zero-order chi connectivity index (χ0) is 25.9. The van der Waals surface area contributed by atoms with Crippen molar-refractivity contribution in [3.8, 4) is 5.88 Å². The molecule has 1 aliphatic heterocycles. The molecule has 2 aromatic carbocycles. The zero-order valence-electron chi connectivity index (χ0n) is 21.1. The normalized spacial score (nSPS) is 14.8. The van der Waals surface area contributed by atoms with E-state index in [1.807, 2.05) is 76.2 Å². The number of anilines is 1. The summed E-state index contributed by atoms with van der Waals surface area (Å²) in [5.74, 6) is 0.580. The van der Waals surface area contributed by atoms with Gasteiger partial charge in [0.15, 0.2) is 11.7 Å². The number of H-pyrrole nitrogens is 2. The molecule has 0 spiro atoms. The molecule has 3 N–H and O–H groups in total. The molecule has 0 fully saturated rings. The number of carbonyl (C=O) groups is 1. The van der Waals surface area contributed by atoms with E-state index >= 15 is 0 Å². The van der Waals surface area contributed by atoms with E-state index in [1.54, 1.807) is 15.8 Å². The largest absolute Gasteiger partial charge is 0.494 e. The van der Waals surface area contributed by atoms with Crippen molar-refractivity contribution in [2.45, 2.75) is 39.8 Å². The first-order valence-electron chi connectivity index (χ1n) is 12.1. The second-order valence-electron chi connectivity index (χ2n) is 10.00. The van der Waals surface area contributed by atoms with Crippen LogP contribution >= 0.6 is 0 Å². The summed E-state index contributed by atoms with van der Waals surface area (Å²) >= 11 is 0. The number of fused-ring (bicyclic) bond motifs is 2. The molecular formula is C28H27N7O2. The molecule has 4 heterocycles. The fourth-order valence-electron chi connectivity index (χ4n) is 5.05. The Morgan fingerprint density at radius 2 is 1.81 bits per heavy atom. The average molecular weight is 494 g/mol. The molecule has 0 bridgehead atoms. The first-order valence-corrected chi connectivity index (χ1v) is 12.1. The lowest BCUT2D eigenvalue weighted by Gasteiger charge is -2.32. The predicted molar refractivity (Wildman–Crippen MR) is 143 cm³/mol. The molecule has 1 aliphatic rings. The average Bonchev–Trinajstić information content (AvgIpc) is 3.58. The van der Waals surface area contributed by atoms with Gasteiger partial charge in [0, 0.05) is 34.6 Å². The number of amides is 1. The van der Waals surface area contributed by atoms with Crippen molar-refractivity contribution in [1.29, 1.82) is 0 Å². The number of benzene rings is 2. The van der Waals surface area contributed by atoms with Gasteiger partial charge in [-0.2, -0.15) is 10.2 Å². The summed E-state index contributed by atoms with van der Waals surface area (Å²) in [6, 6.07) is 17.8. The Labute approximate surface area is 213 Å². The molecule has 6 rings (SSSR count). The number of carbonyl (C=O) groups excluding carboxylic acids is 1. The second-order valence-corrected chi connectivity index (χ2v) is 10.00.